The predicted molar refractivity (Wildman–Crippen MR) is 363 cm³/mol. The summed E-state index contributed by atoms with van der Waals surface area (Å²) in [4.78, 5) is 86.7. The van der Waals surface area contributed by atoms with Gasteiger partial charge in [0.1, 0.15) is 34.7 Å². The van der Waals surface area contributed by atoms with Crippen LogP contribution < -0.4 is 22.6 Å². The van der Waals surface area contributed by atoms with Gasteiger partial charge in [-0.15, -0.1) is 0 Å². The smallest absolute Gasteiger partial charge is 0.347 e. The summed E-state index contributed by atoms with van der Waals surface area (Å²) in [5, 5.41) is 94.5. The number of aromatic hydroxyl groups is 4. The van der Waals surface area contributed by atoms with Crippen LogP contribution in [-0.2, 0) is 0 Å². The van der Waals surface area contributed by atoms with Gasteiger partial charge in [-0.1, -0.05) is 51.4 Å². The fraction of sp³-hybridized carbons (Fsp3) is 0.412. The second-order valence-electron chi connectivity index (χ2n) is 26.0. The second-order valence-corrected chi connectivity index (χ2v) is 26.0. The van der Waals surface area contributed by atoms with Gasteiger partial charge >= 0.3 is 17.1 Å². The number of nitriles is 4. The molecule has 32 nitrogen and oxygen atoms in total. The Bertz CT molecular complexity index is 5310. The minimum Gasteiger partial charge on any atom is -0.506 e. The van der Waals surface area contributed by atoms with Crippen LogP contribution in [0, 0.1) is 69.0 Å². The molecule has 12 heterocycles. The minimum atomic E-state index is -0.513. The highest BCUT2D eigenvalue weighted by atomic mass is 16.3. The van der Waals surface area contributed by atoms with Crippen molar-refractivity contribution in [3.8, 4) is 92.6 Å². The lowest BCUT2D eigenvalue weighted by molar-refractivity contribution is 0.313. The van der Waals surface area contributed by atoms with E-state index in [0.29, 0.717) is 133 Å². The maximum Gasteiger partial charge on any atom is 0.347 e. The van der Waals surface area contributed by atoms with Crippen LogP contribution in [0.4, 0.5) is 0 Å². The Kier molecular flexibility index (Phi) is 19.3. The number of hydrogen-bond acceptors (Lipinski definition) is 20. The fourth-order valence-corrected chi connectivity index (χ4v) is 15.2. The molecule has 0 aromatic carbocycles. The zero-order valence-corrected chi connectivity index (χ0v) is 54.3. The van der Waals surface area contributed by atoms with Crippen LogP contribution >= 0.6 is 0 Å². The predicted octanol–water partition coefficient (Wildman–Crippen LogP) is 9.86. The third-order valence-corrected chi connectivity index (χ3v) is 20.0. The third-order valence-electron chi connectivity index (χ3n) is 20.0. The molecule has 12 aromatic heterocycles. The quantitative estimate of drug-likeness (QED) is 0.0428. The molecule has 0 bridgehead atoms. The molecular weight excluding hydrogens is 1280 g/mol. The van der Waals surface area contributed by atoms with Gasteiger partial charge in [0, 0.05) is 70.7 Å². The molecular formula is C68H72N24O8. The highest BCUT2D eigenvalue weighted by molar-refractivity contribution is 5.97. The molecule has 12 aromatic rings. The Morgan fingerprint density at radius 3 is 1.54 bits per heavy atom. The standard InChI is InChI=1S/4C17H18N6O2/c18-7-5-13(10-3-1-2-4-10)23-9-12(16(24)22-23)14-11-6-8-19-15(11)21-17(25)20-14;18-6-5-13(10-3-1-2-4-10)23-9-11(8-19-23)15-12-7-14(24)20-16(12)22-17(25)21-15;18-6-5-12(10-3-1-2-4-10)23-9-11(7-20-23)15-14-13(24)8-19-16(14)22-17(25)21-15;18-6-5-12(10-3-1-2-4-10)23-8-11(7-21-23)14-13-15(24)17(25)22-16(13)20-9-19-14/h6,8-10,13H,1-5H2,(H,22,24)(H2,19,20,21,25);7-10,13,24H,1-5H2,(H2,20,21,22,25);7-10,12,24H,1-5H2,(H2,19,21,22,25);7-10,12,24-25H,1-5H2,(H,19,20,22). The maximum atomic E-state index is 12.5. The zero-order valence-electron chi connectivity index (χ0n) is 54.3. The second kappa shape index (κ2) is 29.2. The highest BCUT2D eigenvalue weighted by Gasteiger charge is 2.32. The van der Waals surface area contributed by atoms with Crippen molar-refractivity contribution in [3.05, 3.63) is 116 Å². The van der Waals surface area contributed by atoms with Crippen molar-refractivity contribution < 1.29 is 20.4 Å². The van der Waals surface area contributed by atoms with Gasteiger partial charge in [-0.2, -0.15) is 51.3 Å². The minimum absolute atomic E-state index is 0.0193. The number of H-pyrrole nitrogens is 8. The molecule has 100 heavy (non-hydrogen) atoms. The molecule has 16 rings (SSSR count). The van der Waals surface area contributed by atoms with Crippen molar-refractivity contribution in [2.75, 3.05) is 0 Å². The summed E-state index contributed by atoms with van der Waals surface area (Å²) in [6.07, 6.45) is 36.6. The van der Waals surface area contributed by atoms with E-state index in [0.717, 1.165) is 69.8 Å². The van der Waals surface area contributed by atoms with Crippen molar-refractivity contribution in [1.29, 1.82) is 21.0 Å². The number of rotatable bonds is 16. The molecule has 0 spiro atoms. The van der Waals surface area contributed by atoms with Gasteiger partial charge in [0.15, 0.2) is 11.6 Å². The lowest BCUT2D eigenvalue weighted by Gasteiger charge is -2.21. The van der Waals surface area contributed by atoms with E-state index < -0.39 is 17.1 Å². The topological polar surface area (TPSA) is 494 Å². The van der Waals surface area contributed by atoms with E-state index in [2.05, 4.69) is 104 Å². The Labute approximate surface area is 567 Å². The molecule has 4 aliphatic carbocycles. The molecule has 4 aliphatic rings. The number of aromatic amines is 8. The number of nitrogens with zero attached hydrogens (tertiary/aromatic N) is 16. The lowest BCUT2D eigenvalue weighted by Crippen LogP contribution is -2.19. The van der Waals surface area contributed by atoms with E-state index >= 15 is 0 Å². The van der Waals surface area contributed by atoms with Gasteiger partial charge in [-0.05, 0) is 81.1 Å². The van der Waals surface area contributed by atoms with E-state index in [-0.39, 0.29) is 53.0 Å². The third kappa shape index (κ3) is 13.7. The van der Waals surface area contributed by atoms with Crippen LogP contribution in [0.3, 0.4) is 0 Å². The summed E-state index contributed by atoms with van der Waals surface area (Å²) in [6.45, 7) is 0. The summed E-state index contributed by atoms with van der Waals surface area (Å²) >= 11 is 0. The summed E-state index contributed by atoms with van der Waals surface area (Å²) in [5.74, 6) is 1.11. The van der Waals surface area contributed by atoms with Gasteiger partial charge in [0.05, 0.1) is 132 Å². The van der Waals surface area contributed by atoms with Crippen molar-refractivity contribution in [3.63, 3.8) is 0 Å². The first kappa shape index (κ1) is 66.3. The molecule has 4 atom stereocenters. The largest absolute Gasteiger partial charge is 0.506 e. The molecule has 32 heteroatoms. The summed E-state index contributed by atoms with van der Waals surface area (Å²) in [5.41, 5.74) is 4.12. The first-order valence-electron chi connectivity index (χ1n) is 33.6. The average molecular weight is 1350 g/mol. The van der Waals surface area contributed by atoms with Gasteiger partial charge < -0.3 is 55.3 Å². The van der Waals surface area contributed by atoms with Crippen LogP contribution in [0.1, 0.15) is 153 Å². The number of aromatic nitrogens is 20. The van der Waals surface area contributed by atoms with E-state index in [4.69, 9.17) is 0 Å². The molecule has 0 amide bonds. The number of hydrogen-bond donors (Lipinski definition) is 12. The molecule has 0 saturated heterocycles. The normalized spacial score (nSPS) is 16.3. The Morgan fingerprint density at radius 1 is 0.500 bits per heavy atom. The number of fused-ring (bicyclic) bond motifs is 4. The Hall–Kier alpha value is -12.3. The maximum absolute atomic E-state index is 12.5. The first-order valence-corrected chi connectivity index (χ1v) is 33.6. The van der Waals surface area contributed by atoms with Gasteiger partial charge in [0.2, 0.25) is 5.88 Å². The van der Waals surface area contributed by atoms with E-state index in [1.54, 1.807) is 41.7 Å². The molecule has 512 valence electrons. The summed E-state index contributed by atoms with van der Waals surface area (Å²) < 4.78 is 7.24. The molecule has 4 saturated carbocycles. The van der Waals surface area contributed by atoms with Crippen LogP contribution in [-0.4, -0.2) is 119 Å². The van der Waals surface area contributed by atoms with Crippen LogP contribution in [0.25, 0.3) is 89.2 Å². The highest BCUT2D eigenvalue weighted by Crippen LogP contribution is 2.43. The first-order chi connectivity index (χ1) is 48.7. The zero-order chi connectivity index (χ0) is 69.6. The lowest BCUT2D eigenvalue weighted by atomic mass is 9.96. The molecule has 4 fully saturated rings. The average Bonchev–Trinajstić information content (AvgIpc) is 1.11. The fourth-order valence-electron chi connectivity index (χ4n) is 15.2. The van der Waals surface area contributed by atoms with E-state index in [9.17, 15) is 60.7 Å². The van der Waals surface area contributed by atoms with Crippen molar-refractivity contribution in [2.45, 2.75) is 153 Å². The number of nitrogens with one attached hydrogen (secondary N) is 8. The molecule has 4 unspecified atom stereocenters. The Morgan fingerprint density at radius 2 is 0.980 bits per heavy atom. The van der Waals surface area contributed by atoms with Gasteiger partial charge in [-0.3, -0.25) is 28.6 Å². The van der Waals surface area contributed by atoms with Crippen molar-refractivity contribution >= 4 is 44.1 Å². The Balaban J connectivity index is 0.000000119. The van der Waals surface area contributed by atoms with Crippen molar-refractivity contribution in [1.82, 2.24) is 98.9 Å². The summed E-state index contributed by atoms with van der Waals surface area (Å²) in [6, 6.07) is 12.4. The van der Waals surface area contributed by atoms with Crippen molar-refractivity contribution in [2.24, 2.45) is 23.7 Å². The summed E-state index contributed by atoms with van der Waals surface area (Å²) in [7, 11) is 0. The molecule has 12 N–H and O–H groups in total. The van der Waals surface area contributed by atoms with Crippen LogP contribution in [0.2, 0.25) is 0 Å². The van der Waals surface area contributed by atoms with Crippen LogP contribution in [0.5, 0.6) is 23.3 Å². The molecule has 0 aliphatic heterocycles. The van der Waals surface area contributed by atoms with Gasteiger partial charge in [0.25, 0.3) is 5.56 Å². The SMILES string of the molecule is N#CCC(C1CCCC1)n1cc(-c2[nH]c(=O)nc3[nH]c(O)cc23)cn1.N#CCC(C1CCCC1)n1cc(-c2[nH]c(=O)nc3[nH]cc(O)c23)cn1.N#CCC(C1CCCC1)n1cc(-c2[nH]c(=O)nc3[nH]ccc23)c(=O)[nH]1.N#CCC(C1CCCC1)n1cc(-c2ncnc3[nH]c(O)c(O)c23)cn1. The van der Waals surface area contributed by atoms with E-state index in [1.807, 2.05) is 32.6 Å². The van der Waals surface area contributed by atoms with E-state index in [1.165, 1.54) is 57.1 Å². The monoisotopic (exact) mass is 1350 g/mol. The van der Waals surface area contributed by atoms with Gasteiger partial charge in [-0.25, -0.2) is 24.4 Å². The van der Waals surface area contributed by atoms with Crippen LogP contribution in [0.15, 0.2) is 93.4 Å². The molecule has 0 radical (unpaired) electrons.